The van der Waals surface area contributed by atoms with Gasteiger partial charge in [0.15, 0.2) is 0 Å². The minimum absolute atomic E-state index is 0.0492. The number of unbranched alkanes of at least 4 members (excludes halogenated alkanes) is 2. The van der Waals surface area contributed by atoms with Crippen LogP contribution in [0.5, 0.6) is 0 Å². The highest BCUT2D eigenvalue weighted by Gasteiger charge is 2.11. The van der Waals surface area contributed by atoms with Crippen molar-refractivity contribution in [1.82, 2.24) is 0 Å². The highest BCUT2D eigenvalue weighted by atomic mass is 16.2. The van der Waals surface area contributed by atoms with E-state index in [0.717, 1.165) is 44.2 Å². The van der Waals surface area contributed by atoms with Crippen molar-refractivity contribution in [2.75, 3.05) is 5.32 Å². The van der Waals surface area contributed by atoms with E-state index in [9.17, 15) is 9.59 Å². The number of rotatable bonds is 9. The quantitative estimate of drug-likeness (QED) is 0.689. The summed E-state index contributed by atoms with van der Waals surface area (Å²) in [7, 11) is 0. The maximum atomic E-state index is 11.8. The average Bonchev–Trinajstić information content (AvgIpc) is 2.43. The molecule has 0 aliphatic heterocycles. The molecule has 3 heteroatoms. The lowest BCUT2D eigenvalue weighted by atomic mass is 9.96. The Balaban J connectivity index is 2.93. The summed E-state index contributed by atoms with van der Waals surface area (Å²) >= 11 is 0. The Kier molecular flexibility index (Phi) is 7.73. The molecule has 0 aliphatic rings. The highest BCUT2D eigenvalue weighted by molar-refractivity contribution is 6.03. The number of ketones is 1. The molecule has 0 unspecified atom stereocenters. The number of anilines is 1. The predicted molar refractivity (Wildman–Crippen MR) is 87.6 cm³/mol. The van der Waals surface area contributed by atoms with E-state index in [0.29, 0.717) is 0 Å². The van der Waals surface area contributed by atoms with Crippen LogP contribution < -0.4 is 5.32 Å². The number of Topliss-reactive ketones (excluding diaryl/α,β-unsaturated/α-hetero) is 1. The van der Waals surface area contributed by atoms with Gasteiger partial charge in [-0.25, -0.2) is 0 Å². The van der Waals surface area contributed by atoms with E-state index in [2.05, 4.69) is 25.2 Å². The molecule has 3 nitrogen and oxygen atoms in total. The fourth-order valence-corrected chi connectivity index (χ4v) is 2.42. The third-order valence-electron chi connectivity index (χ3n) is 3.54. The minimum atomic E-state index is -0.215. The van der Waals surface area contributed by atoms with Crippen LogP contribution in [0.3, 0.4) is 0 Å². The molecule has 0 bridgehead atoms. The Morgan fingerprint density at radius 1 is 1.05 bits per heavy atom. The monoisotopic (exact) mass is 289 g/mol. The predicted octanol–water partition coefficient (Wildman–Crippen LogP) is 4.29. The van der Waals surface area contributed by atoms with E-state index in [1.165, 1.54) is 18.1 Å². The number of amides is 1. The highest BCUT2D eigenvalue weighted by Crippen LogP contribution is 2.24. The van der Waals surface area contributed by atoms with E-state index in [1.807, 2.05) is 12.1 Å². The molecule has 116 valence electrons. The number of hydrogen-bond acceptors (Lipinski definition) is 2. The van der Waals surface area contributed by atoms with Gasteiger partial charge in [-0.1, -0.05) is 38.8 Å². The lowest BCUT2D eigenvalue weighted by Gasteiger charge is -2.15. The molecule has 0 aromatic heterocycles. The summed E-state index contributed by atoms with van der Waals surface area (Å²) in [6, 6.07) is 6.09. The van der Waals surface area contributed by atoms with Crippen LogP contribution in [0.15, 0.2) is 18.2 Å². The van der Waals surface area contributed by atoms with Crippen molar-refractivity contribution in [2.45, 2.75) is 65.7 Å². The van der Waals surface area contributed by atoms with Gasteiger partial charge < -0.3 is 5.32 Å². The summed E-state index contributed by atoms with van der Waals surface area (Å²) in [6.45, 7) is 5.79. The van der Waals surface area contributed by atoms with Gasteiger partial charge in [0, 0.05) is 5.69 Å². The molecule has 1 amide bonds. The van der Waals surface area contributed by atoms with Gasteiger partial charge in [0.2, 0.25) is 5.91 Å². The first-order chi connectivity index (χ1) is 10.1. The molecular weight excluding hydrogens is 262 g/mol. The lowest BCUT2D eigenvalue weighted by molar-refractivity contribution is -0.124. The smallest absolute Gasteiger partial charge is 0.231 e. The van der Waals surface area contributed by atoms with Crippen LogP contribution in [-0.2, 0) is 22.4 Å². The van der Waals surface area contributed by atoms with Gasteiger partial charge in [0.05, 0.1) is 6.42 Å². The van der Waals surface area contributed by atoms with E-state index in [4.69, 9.17) is 0 Å². The standard InChI is InChI=1S/C18H27NO2/c1-4-6-9-15-10-8-12-17(16(15)11-7-5-2)19-18(21)13-14(3)20/h8,10,12H,4-7,9,11,13H2,1-3H3,(H,19,21). The third kappa shape index (κ3) is 6.11. The van der Waals surface area contributed by atoms with Crippen LogP contribution in [0.2, 0.25) is 0 Å². The van der Waals surface area contributed by atoms with Crippen molar-refractivity contribution >= 4 is 17.4 Å². The maximum Gasteiger partial charge on any atom is 0.231 e. The van der Waals surface area contributed by atoms with Crippen LogP contribution in [0.25, 0.3) is 0 Å². The summed E-state index contributed by atoms with van der Waals surface area (Å²) < 4.78 is 0. The molecule has 21 heavy (non-hydrogen) atoms. The number of carbonyl (C=O) groups is 2. The van der Waals surface area contributed by atoms with Crippen molar-refractivity contribution in [2.24, 2.45) is 0 Å². The van der Waals surface area contributed by atoms with E-state index >= 15 is 0 Å². The number of hydrogen-bond donors (Lipinski definition) is 1. The van der Waals surface area contributed by atoms with Crippen molar-refractivity contribution < 1.29 is 9.59 Å². The largest absolute Gasteiger partial charge is 0.325 e. The zero-order valence-electron chi connectivity index (χ0n) is 13.5. The first-order valence-corrected chi connectivity index (χ1v) is 7.98. The number of carbonyl (C=O) groups excluding carboxylic acids is 2. The van der Waals surface area contributed by atoms with Gasteiger partial charge in [-0.15, -0.1) is 0 Å². The summed E-state index contributed by atoms with van der Waals surface area (Å²) in [6.07, 6.45) is 6.53. The van der Waals surface area contributed by atoms with Crippen LogP contribution in [-0.4, -0.2) is 11.7 Å². The SMILES string of the molecule is CCCCc1cccc(NC(=O)CC(C)=O)c1CCCC. The molecule has 0 atom stereocenters. The number of benzene rings is 1. The van der Waals surface area contributed by atoms with Gasteiger partial charge in [-0.05, 0) is 49.8 Å². The van der Waals surface area contributed by atoms with E-state index in [1.54, 1.807) is 0 Å². The zero-order valence-corrected chi connectivity index (χ0v) is 13.5. The Labute approximate surface area is 128 Å². The summed E-state index contributed by atoms with van der Waals surface area (Å²) in [4.78, 5) is 22.9. The zero-order chi connectivity index (χ0) is 15.7. The van der Waals surface area contributed by atoms with Crippen LogP contribution in [0.1, 0.15) is 64.0 Å². The molecule has 0 radical (unpaired) electrons. The molecule has 0 spiro atoms. The van der Waals surface area contributed by atoms with Gasteiger partial charge in [-0.3, -0.25) is 9.59 Å². The first-order valence-electron chi connectivity index (χ1n) is 7.98. The fraction of sp³-hybridized carbons (Fsp3) is 0.556. The maximum absolute atomic E-state index is 11.8. The first kappa shape index (κ1) is 17.4. The van der Waals surface area contributed by atoms with E-state index in [-0.39, 0.29) is 18.1 Å². The molecule has 1 N–H and O–H groups in total. The Morgan fingerprint density at radius 2 is 1.71 bits per heavy atom. The van der Waals surface area contributed by atoms with Crippen molar-refractivity contribution in [1.29, 1.82) is 0 Å². The van der Waals surface area contributed by atoms with Crippen LogP contribution >= 0.6 is 0 Å². The Hall–Kier alpha value is -1.64. The normalized spacial score (nSPS) is 10.4. The molecule has 0 saturated carbocycles. The molecule has 0 heterocycles. The van der Waals surface area contributed by atoms with Crippen molar-refractivity contribution in [3.63, 3.8) is 0 Å². The second-order valence-electron chi connectivity index (χ2n) is 5.58. The molecule has 1 aromatic carbocycles. The number of nitrogens with one attached hydrogen (secondary N) is 1. The molecule has 0 aliphatic carbocycles. The second kappa shape index (κ2) is 9.32. The molecule has 1 aromatic rings. The van der Waals surface area contributed by atoms with Gasteiger partial charge in [0.1, 0.15) is 5.78 Å². The number of aryl methyl sites for hydroxylation is 1. The fourth-order valence-electron chi connectivity index (χ4n) is 2.42. The Bertz CT molecular complexity index is 480. The van der Waals surface area contributed by atoms with Crippen molar-refractivity contribution in [3.05, 3.63) is 29.3 Å². The van der Waals surface area contributed by atoms with Gasteiger partial charge >= 0.3 is 0 Å². The van der Waals surface area contributed by atoms with Gasteiger partial charge in [-0.2, -0.15) is 0 Å². The van der Waals surface area contributed by atoms with Crippen LogP contribution in [0.4, 0.5) is 5.69 Å². The van der Waals surface area contributed by atoms with Gasteiger partial charge in [0.25, 0.3) is 0 Å². The average molecular weight is 289 g/mol. The topological polar surface area (TPSA) is 46.2 Å². The molecule has 0 saturated heterocycles. The van der Waals surface area contributed by atoms with Crippen LogP contribution in [0, 0.1) is 0 Å². The molecule has 0 fully saturated rings. The van der Waals surface area contributed by atoms with E-state index < -0.39 is 0 Å². The molecular formula is C18H27NO2. The Morgan fingerprint density at radius 3 is 2.33 bits per heavy atom. The summed E-state index contributed by atoms with van der Waals surface area (Å²) in [5.74, 6) is -0.322. The lowest BCUT2D eigenvalue weighted by Crippen LogP contribution is -2.16. The third-order valence-corrected chi connectivity index (χ3v) is 3.54. The minimum Gasteiger partial charge on any atom is -0.325 e. The van der Waals surface area contributed by atoms with Crippen molar-refractivity contribution in [3.8, 4) is 0 Å². The second-order valence-corrected chi connectivity index (χ2v) is 5.58. The summed E-state index contributed by atoms with van der Waals surface area (Å²) in [5.41, 5.74) is 3.44. The summed E-state index contributed by atoms with van der Waals surface area (Å²) in [5, 5.41) is 2.91. The molecule has 1 rings (SSSR count).